The number of rotatable bonds is 10. The lowest BCUT2D eigenvalue weighted by molar-refractivity contribution is -0.344. The number of Topliss-reactive ketones (excluding diaryl/α,β-unsaturated/α-hetero) is 1. The summed E-state index contributed by atoms with van der Waals surface area (Å²) in [5.41, 5.74) is -7.94. The number of hydrogen-bond acceptors (Lipinski definition) is 15. The van der Waals surface area contributed by atoms with Crippen molar-refractivity contribution in [3.8, 4) is 0 Å². The van der Waals surface area contributed by atoms with Crippen molar-refractivity contribution in [2.24, 2.45) is 22.2 Å². The van der Waals surface area contributed by atoms with Gasteiger partial charge in [-0.05, 0) is 48.1 Å². The van der Waals surface area contributed by atoms with Crippen LogP contribution in [-0.2, 0) is 47.6 Å². The number of nitrogens with one attached hydrogen (secondary N) is 1. The predicted octanol–water partition coefficient (Wildman–Crippen LogP) is 4.08. The number of fused-ring (bicyclic) bond motifs is 5. The van der Waals surface area contributed by atoms with Crippen LogP contribution in [0.25, 0.3) is 0 Å². The zero-order chi connectivity index (χ0) is 45.7. The largest absolute Gasteiger partial charge is 0.508 e. The third kappa shape index (κ3) is 8.01. The first-order valence-electron chi connectivity index (χ1n) is 20.6. The Bertz CT molecular complexity index is 2110. The van der Waals surface area contributed by atoms with E-state index < -0.39 is 118 Å². The van der Waals surface area contributed by atoms with Crippen LogP contribution in [0.4, 0.5) is 4.79 Å². The van der Waals surface area contributed by atoms with E-state index in [1.165, 1.54) is 26.0 Å². The highest BCUT2D eigenvalue weighted by Gasteiger charge is 2.78. The summed E-state index contributed by atoms with van der Waals surface area (Å²) in [6, 6.07) is 14.8. The van der Waals surface area contributed by atoms with Crippen molar-refractivity contribution in [3.05, 3.63) is 82.9 Å². The Morgan fingerprint density at radius 2 is 1.56 bits per heavy atom. The maximum atomic E-state index is 15.5. The molecule has 3 aliphatic carbocycles. The van der Waals surface area contributed by atoms with Gasteiger partial charge in [-0.15, -0.1) is 0 Å². The highest BCUT2D eigenvalue weighted by molar-refractivity contribution is 5.95. The van der Waals surface area contributed by atoms with Crippen LogP contribution in [0.15, 0.2) is 71.8 Å². The molecule has 0 aromatic heterocycles. The smallest absolute Gasteiger partial charge is 0.456 e. The number of ketones is 1. The minimum Gasteiger partial charge on any atom is -0.456 e. The Balaban J connectivity index is 1.54. The second kappa shape index (κ2) is 16.8. The van der Waals surface area contributed by atoms with Gasteiger partial charge >= 0.3 is 24.1 Å². The maximum absolute atomic E-state index is 15.5. The van der Waals surface area contributed by atoms with Gasteiger partial charge in [0, 0.05) is 31.6 Å². The van der Waals surface area contributed by atoms with E-state index in [1.807, 2.05) is 20.8 Å². The average molecular weight is 864 g/mol. The fourth-order valence-corrected chi connectivity index (χ4v) is 10.0. The lowest BCUT2D eigenvalue weighted by Crippen LogP contribution is -2.82. The van der Waals surface area contributed by atoms with Crippen molar-refractivity contribution in [2.45, 2.75) is 129 Å². The van der Waals surface area contributed by atoms with Gasteiger partial charge in [0.2, 0.25) is 5.91 Å². The second-order valence-electron chi connectivity index (χ2n) is 18.8. The Hall–Kier alpha value is -5.16. The van der Waals surface area contributed by atoms with Gasteiger partial charge in [0.25, 0.3) is 0 Å². The molecule has 16 heteroatoms. The maximum Gasteiger partial charge on any atom is 0.508 e. The van der Waals surface area contributed by atoms with Crippen LogP contribution < -0.4 is 5.32 Å². The summed E-state index contributed by atoms with van der Waals surface area (Å²) in [4.78, 5) is 83.4. The molecule has 2 bridgehead atoms. The number of carbonyl (C=O) groups is 6. The molecule has 1 amide bonds. The van der Waals surface area contributed by atoms with Crippen molar-refractivity contribution < 1.29 is 72.5 Å². The molecule has 0 spiro atoms. The van der Waals surface area contributed by atoms with Gasteiger partial charge in [0.1, 0.15) is 23.9 Å². The van der Waals surface area contributed by atoms with E-state index in [-0.39, 0.29) is 36.2 Å². The van der Waals surface area contributed by atoms with Crippen LogP contribution in [0.5, 0.6) is 0 Å². The van der Waals surface area contributed by atoms with Crippen LogP contribution >= 0.6 is 0 Å². The fraction of sp³-hybridized carbons (Fsp3) is 0.565. The Kier molecular flexibility index (Phi) is 12.6. The normalized spacial score (nSPS) is 32.2. The van der Waals surface area contributed by atoms with E-state index >= 15 is 4.79 Å². The van der Waals surface area contributed by atoms with E-state index in [0.29, 0.717) is 5.56 Å². The first-order chi connectivity index (χ1) is 28.9. The molecule has 1 aliphatic heterocycles. The molecule has 0 radical (unpaired) electrons. The van der Waals surface area contributed by atoms with Crippen molar-refractivity contribution in [3.63, 3.8) is 0 Å². The van der Waals surface area contributed by atoms with Crippen LogP contribution in [-0.4, -0.2) is 113 Å². The van der Waals surface area contributed by atoms with Crippen LogP contribution in [0.1, 0.15) is 96.6 Å². The molecule has 16 nitrogen and oxygen atoms in total. The standard InChI is InChI=1S/C46H57NO15/c1-24-28(60-40(54)34(51)33(26-16-12-10-13-17-26)47-31(50)22-42(3,4)5)21-46(56)38(61-39(53)27-18-14-11-15-19-27)36-44(8,37(52)35(59-25(2)48)32(24)43(46,6)7)29(49)20-30-45(36,23-58-30)62-41(55)57-9/h10-19,28-30,33-36,38,49,51,56H,20-23H2,1-9H3,(H,47,50)/t28-,29-,30?,33-,34+,35+,36?,38?,44+,45-,46+/m0/s1. The topological polar surface area (TPSA) is 231 Å². The Morgan fingerprint density at radius 1 is 0.952 bits per heavy atom. The number of aliphatic hydroxyl groups excluding tert-OH is 2. The zero-order valence-corrected chi connectivity index (χ0v) is 36.5. The van der Waals surface area contributed by atoms with Crippen LogP contribution in [0, 0.1) is 22.2 Å². The molecule has 4 N–H and O–H groups in total. The molecule has 3 unspecified atom stereocenters. The van der Waals surface area contributed by atoms with Gasteiger partial charge in [0.05, 0.1) is 42.8 Å². The number of amides is 1. The molecule has 3 fully saturated rings. The van der Waals surface area contributed by atoms with Crippen molar-refractivity contribution >= 4 is 35.8 Å². The SMILES string of the molecule is COC(=O)O[C@@]12COC1C[C@H](O)[C@@]1(C)C(=O)[C@H](OC(C)=O)C3=C(C)[C@@H](OC(=O)[C@H](O)[C@@H](NC(=O)CC(C)(C)C)c4ccccc4)C[C@@](O)(C(OC(=O)c4ccccc4)C21)C3(C)C. The van der Waals surface area contributed by atoms with Gasteiger partial charge in [-0.25, -0.2) is 14.4 Å². The van der Waals surface area contributed by atoms with E-state index in [1.54, 1.807) is 62.4 Å². The Morgan fingerprint density at radius 3 is 2.11 bits per heavy atom. The number of ether oxygens (including phenoxy) is 6. The molecule has 2 aromatic rings. The summed E-state index contributed by atoms with van der Waals surface area (Å²) in [5, 5.41) is 40.3. The summed E-state index contributed by atoms with van der Waals surface area (Å²) in [6.45, 7) is 12.3. The lowest BCUT2D eigenvalue weighted by Gasteiger charge is -2.67. The van der Waals surface area contributed by atoms with E-state index in [4.69, 9.17) is 28.4 Å². The van der Waals surface area contributed by atoms with Crippen molar-refractivity contribution in [1.29, 1.82) is 0 Å². The first-order valence-corrected chi connectivity index (χ1v) is 20.6. The molecule has 4 aliphatic rings. The van der Waals surface area contributed by atoms with Crippen LogP contribution in [0.2, 0.25) is 0 Å². The summed E-state index contributed by atoms with van der Waals surface area (Å²) in [5.74, 6) is -6.03. The number of aliphatic hydroxyl groups is 3. The summed E-state index contributed by atoms with van der Waals surface area (Å²) in [7, 11) is 1.07. The van der Waals surface area contributed by atoms with Gasteiger partial charge in [-0.3, -0.25) is 14.4 Å². The van der Waals surface area contributed by atoms with E-state index in [9.17, 15) is 39.3 Å². The minimum absolute atomic E-state index is 0.0145. The molecular weight excluding hydrogens is 806 g/mol. The van der Waals surface area contributed by atoms with Crippen LogP contribution in [0.3, 0.4) is 0 Å². The summed E-state index contributed by atoms with van der Waals surface area (Å²) < 4.78 is 35.1. The number of hydrogen-bond donors (Lipinski definition) is 4. The molecule has 2 aromatic carbocycles. The van der Waals surface area contributed by atoms with E-state index in [2.05, 4.69) is 5.32 Å². The monoisotopic (exact) mass is 863 g/mol. The minimum atomic E-state index is -2.42. The quantitative estimate of drug-likeness (QED) is 0.150. The number of benzene rings is 2. The molecule has 2 saturated carbocycles. The third-order valence-electron chi connectivity index (χ3n) is 13.3. The highest BCUT2D eigenvalue weighted by atomic mass is 16.8. The third-order valence-corrected chi connectivity index (χ3v) is 13.3. The Labute approximate surface area is 360 Å². The highest BCUT2D eigenvalue weighted by Crippen LogP contribution is 2.64. The van der Waals surface area contributed by atoms with Crippen molar-refractivity contribution in [1.82, 2.24) is 5.32 Å². The summed E-state index contributed by atoms with van der Waals surface area (Å²) in [6.07, 6.45) is -11.9. The predicted molar refractivity (Wildman–Crippen MR) is 218 cm³/mol. The molecule has 1 saturated heterocycles. The number of carbonyl (C=O) groups excluding carboxylic acids is 6. The van der Waals surface area contributed by atoms with Gasteiger partial charge in [0.15, 0.2) is 23.6 Å². The molecular formula is C46H57NO15. The van der Waals surface area contributed by atoms with Gasteiger partial charge in [-0.2, -0.15) is 0 Å². The fourth-order valence-electron chi connectivity index (χ4n) is 10.0. The van der Waals surface area contributed by atoms with E-state index in [0.717, 1.165) is 14.0 Å². The van der Waals surface area contributed by atoms with Gasteiger partial charge in [-0.1, -0.05) is 83.1 Å². The van der Waals surface area contributed by atoms with Gasteiger partial charge < -0.3 is 49.1 Å². The molecule has 11 atom stereocenters. The molecule has 62 heavy (non-hydrogen) atoms. The molecule has 6 rings (SSSR count). The summed E-state index contributed by atoms with van der Waals surface area (Å²) >= 11 is 0. The average Bonchev–Trinajstić information content (AvgIpc) is 3.20. The molecule has 336 valence electrons. The number of esters is 3. The molecule has 1 heterocycles. The lowest BCUT2D eigenvalue weighted by atomic mass is 9.44. The van der Waals surface area contributed by atoms with Crippen molar-refractivity contribution in [2.75, 3.05) is 13.7 Å². The first kappa shape index (κ1) is 46.3. The zero-order valence-electron chi connectivity index (χ0n) is 36.5. The number of methoxy groups -OCH3 is 1. The second-order valence-corrected chi connectivity index (χ2v) is 18.8.